The topological polar surface area (TPSA) is 86.8 Å². The van der Waals surface area contributed by atoms with Crippen molar-refractivity contribution in [3.63, 3.8) is 0 Å². The van der Waals surface area contributed by atoms with E-state index in [9.17, 15) is 18.0 Å². The van der Waals surface area contributed by atoms with Gasteiger partial charge in [-0.1, -0.05) is 60.9 Å². The van der Waals surface area contributed by atoms with Crippen molar-refractivity contribution in [2.24, 2.45) is 0 Å². The van der Waals surface area contributed by atoms with E-state index in [1.165, 1.54) is 4.90 Å². The van der Waals surface area contributed by atoms with Crippen molar-refractivity contribution in [3.8, 4) is 0 Å². The van der Waals surface area contributed by atoms with E-state index < -0.39 is 22.0 Å². The van der Waals surface area contributed by atoms with Gasteiger partial charge in [0.1, 0.15) is 12.6 Å². The maximum absolute atomic E-state index is 13.6. The van der Waals surface area contributed by atoms with Crippen LogP contribution in [0.2, 0.25) is 0 Å². The van der Waals surface area contributed by atoms with Crippen molar-refractivity contribution < 1.29 is 18.0 Å². The third-order valence-electron chi connectivity index (χ3n) is 6.41. The van der Waals surface area contributed by atoms with Crippen LogP contribution in [0.15, 0.2) is 48.5 Å². The van der Waals surface area contributed by atoms with Crippen molar-refractivity contribution in [2.75, 3.05) is 17.1 Å². The van der Waals surface area contributed by atoms with Crippen molar-refractivity contribution in [3.05, 3.63) is 65.2 Å². The zero-order valence-electron chi connectivity index (χ0n) is 20.5. The lowest BCUT2D eigenvalue weighted by Crippen LogP contribution is -2.52. The summed E-state index contributed by atoms with van der Waals surface area (Å²) in [4.78, 5) is 28.1. The van der Waals surface area contributed by atoms with Crippen LogP contribution in [0.1, 0.15) is 49.3 Å². The molecule has 1 aliphatic carbocycles. The molecule has 2 aromatic carbocycles. The number of amides is 2. The van der Waals surface area contributed by atoms with E-state index in [1.54, 1.807) is 32.0 Å². The monoisotopic (exact) mass is 485 g/mol. The highest BCUT2D eigenvalue weighted by Crippen LogP contribution is 2.23. The number of hydrogen-bond acceptors (Lipinski definition) is 4. The highest BCUT2D eigenvalue weighted by atomic mass is 32.2. The average molecular weight is 486 g/mol. The van der Waals surface area contributed by atoms with Crippen LogP contribution in [-0.4, -0.2) is 50.0 Å². The number of nitrogens with one attached hydrogen (secondary N) is 1. The molecule has 184 valence electrons. The number of aryl methyl sites for hydroxylation is 2. The van der Waals surface area contributed by atoms with Crippen LogP contribution in [0, 0.1) is 13.8 Å². The van der Waals surface area contributed by atoms with E-state index in [4.69, 9.17) is 0 Å². The zero-order valence-corrected chi connectivity index (χ0v) is 21.3. The highest BCUT2D eigenvalue weighted by molar-refractivity contribution is 7.92. The first-order chi connectivity index (χ1) is 16.1. The summed E-state index contributed by atoms with van der Waals surface area (Å²) in [6.07, 6.45) is 5.16. The van der Waals surface area contributed by atoms with E-state index in [-0.39, 0.29) is 25.0 Å². The number of anilines is 1. The standard InChI is InChI=1S/C26H35N3O4S/c1-19-13-15-22(16-14-19)17-28(21(3)26(31)27-23-10-6-7-11-23)25(30)18-29(34(4,32)33)24-12-8-5-9-20(24)2/h5,8-9,12-16,21,23H,6-7,10-11,17-18H2,1-4H3,(H,27,31)/t21-/m1/s1. The molecule has 2 aromatic rings. The van der Waals surface area contributed by atoms with Crippen LogP contribution in [0.4, 0.5) is 5.69 Å². The molecular formula is C26H35N3O4S. The Hall–Kier alpha value is -2.87. The number of carbonyl (C=O) groups excluding carboxylic acids is 2. The van der Waals surface area contributed by atoms with Crippen LogP contribution in [-0.2, 0) is 26.2 Å². The molecule has 0 heterocycles. The normalized spacial score (nSPS) is 15.1. The number of nitrogens with zero attached hydrogens (tertiary/aromatic N) is 2. The molecule has 1 aliphatic rings. The number of rotatable bonds is 9. The Labute approximate surface area is 203 Å². The second-order valence-corrected chi connectivity index (χ2v) is 11.1. The maximum atomic E-state index is 13.6. The van der Waals surface area contributed by atoms with Crippen LogP contribution in [0.25, 0.3) is 0 Å². The molecule has 7 nitrogen and oxygen atoms in total. The molecule has 1 saturated carbocycles. The van der Waals surface area contributed by atoms with Gasteiger partial charge in [0.25, 0.3) is 0 Å². The number of benzene rings is 2. The third-order valence-corrected chi connectivity index (χ3v) is 7.53. The first-order valence-corrected chi connectivity index (χ1v) is 13.6. The molecule has 1 atom stereocenters. The molecule has 8 heteroatoms. The molecule has 34 heavy (non-hydrogen) atoms. The molecule has 1 N–H and O–H groups in total. The minimum atomic E-state index is -3.73. The molecule has 0 unspecified atom stereocenters. The fraction of sp³-hybridized carbons (Fsp3) is 0.462. The molecule has 0 spiro atoms. The van der Waals surface area contributed by atoms with Crippen molar-refractivity contribution in [2.45, 2.75) is 65.1 Å². The SMILES string of the molecule is Cc1ccc(CN(C(=O)CN(c2ccccc2C)S(C)(=O)=O)[C@H](C)C(=O)NC2CCCC2)cc1. The lowest BCUT2D eigenvalue weighted by Gasteiger charge is -2.32. The van der Waals surface area contributed by atoms with Gasteiger partial charge in [0.05, 0.1) is 11.9 Å². The molecule has 0 radical (unpaired) electrons. The Morgan fingerprint density at radius 1 is 1.03 bits per heavy atom. The quantitative estimate of drug-likeness (QED) is 0.589. The number of hydrogen-bond donors (Lipinski definition) is 1. The lowest BCUT2D eigenvalue weighted by molar-refractivity contribution is -0.139. The summed E-state index contributed by atoms with van der Waals surface area (Å²) in [6, 6.07) is 14.2. The molecule has 1 fully saturated rings. The summed E-state index contributed by atoms with van der Waals surface area (Å²) >= 11 is 0. The Kier molecular flexibility index (Phi) is 8.36. The van der Waals surface area contributed by atoms with Gasteiger partial charge in [-0.2, -0.15) is 0 Å². The van der Waals surface area contributed by atoms with Crippen molar-refractivity contribution in [1.82, 2.24) is 10.2 Å². The number of carbonyl (C=O) groups is 2. The van der Waals surface area contributed by atoms with Gasteiger partial charge in [-0.3, -0.25) is 13.9 Å². The lowest BCUT2D eigenvalue weighted by atomic mass is 10.1. The van der Waals surface area contributed by atoms with E-state index in [2.05, 4.69) is 5.32 Å². The second-order valence-electron chi connectivity index (χ2n) is 9.23. The Morgan fingerprint density at radius 3 is 2.24 bits per heavy atom. The maximum Gasteiger partial charge on any atom is 0.244 e. The fourth-order valence-corrected chi connectivity index (χ4v) is 5.21. The summed E-state index contributed by atoms with van der Waals surface area (Å²) in [7, 11) is -3.73. The van der Waals surface area contributed by atoms with Crippen LogP contribution >= 0.6 is 0 Å². The molecule has 0 aromatic heterocycles. The molecule has 2 amide bonds. The zero-order chi connectivity index (χ0) is 24.9. The van der Waals surface area contributed by atoms with E-state index in [1.807, 2.05) is 37.3 Å². The van der Waals surface area contributed by atoms with Gasteiger partial charge in [0.15, 0.2) is 0 Å². The largest absolute Gasteiger partial charge is 0.352 e. The van der Waals surface area contributed by atoms with Crippen LogP contribution in [0.5, 0.6) is 0 Å². The Bertz CT molecular complexity index is 1110. The van der Waals surface area contributed by atoms with Gasteiger partial charge in [-0.25, -0.2) is 8.42 Å². The second kappa shape index (κ2) is 11.0. The molecule has 0 bridgehead atoms. The van der Waals surface area contributed by atoms with Gasteiger partial charge in [-0.05, 0) is 50.8 Å². The molecule has 0 aliphatic heterocycles. The van der Waals surface area contributed by atoms with Gasteiger partial charge in [0.2, 0.25) is 21.8 Å². The smallest absolute Gasteiger partial charge is 0.244 e. The summed E-state index contributed by atoms with van der Waals surface area (Å²) in [5.41, 5.74) is 3.17. The van der Waals surface area contributed by atoms with Gasteiger partial charge >= 0.3 is 0 Å². The van der Waals surface area contributed by atoms with Gasteiger partial charge in [0, 0.05) is 12.6 Å². The van der Waals surface area contributed by atoms with E-state index >= 15 is 0 Å². The minimum absolute atomic E-state index is 0.130. The average Bonchev–Trinajstić information content (AvgIpc) is 3.29. The first-order valence-electron chi connectivity index (χ1n) is 11.7. The predicted octanol–water partition coefficient (Wildman–Crippen LogP) is 3.55. The van der Waals surface area contributed by atoms with Crippen molar-refractivity contribution >= 4 is 27.5 Å². The third kappa shape index (κ3) is 6.59. The summed E-state index contributed by atoms with van der Waals surface area (Å²) in [5, 5.41) is 3.07. The van der Waals surface area contributed by atoms with Gasteiger partial charge in [-0.15, -0.1) is 0 Å². The van der Waals surface area contributed by atoms with Gasteiger partial charge < -0.3 is 10.2 Å². The highest BCUT2D eigenvalue weighted by Gasteiger charge is 2.31. The fourth-order valence-electron chi connectivity index (χ4n) is 4.30. The van der Waals surface area contributed by atoms with Crippen LogP contribution in [0.3, 0.4) is 0 Å². The summed E-state index contributed by atoms with van der Waals surface area (Å²) < 4.78 is 26.4. The molecule has 3 rings (SSSR count). The first kappa shape index (κ1) is 25.7. The number of para-hydroxylation sites is 1. The Balaban J connectivity index is 1.88. The van der Waals surface area contributed by atoms with E-state index in [0.717, 1.165) is 52.9 Å². The molecule has 0 saturated heterocycles. The van der Waals surface area contributed by atoms with E-state index in [0.29, 0.717) is 5.69 Å². The Morgan fingerprint density at radius 2 is 1.65 bits per heavy atom. The predicted molar refractivity (Wildman–Crippen MR) is 135 cm³/mol. The van der Waals surface area contributed by atoms with Crippen LogP contribution < -0.4 is 9.62 Å². The molecular weight excluding hydrogens is 450 g/mol. The van der Waals surface area contributed by atoms with Crippen molar-refractivity contribution in [1.29, 1.82) is 0 Å². The minimum Gasteiger partial charge on any atom is -0.352 e. The summed E-state index contributed by atoms with van der Waals surface area (Å²) in [5.74, 6) is -0.641. The summed E-state index contributed by atoms with van der Waals surface area (Å²) in [6.45, 7) is 5.32. The number of sulfonamides is 1.